The Hall–Kier alpha value is -2.59. The van der Waals surface area contributed by atoms with Crippen LogP contribution < -0.4 is 14.8 Å². The van der Waals surface area contributed by atoms with Gasteiger partial charge in [0.2, 0.25) is 5.91 Å². The minimum atomic E-state index is 0.0247. The zero-order valence-corrected chi connectivity index (χ0v) is 16.9. The summed E-state index contributed by atoms with van der Waals surface area (Å²) in [5.41, 5.74) is 1.79. The van der Waals surface area contributed by atoms with Crippen LogP contribution in [-0.2, 0) is 24.1 Å². The maximum Gasteiger partial charge on any atom is 0.220 e. The highest BCUT2D eigenvalue weighted by Crippen LogP contribution is 2.28. The van der Waals surface area contributed by atoms with E-state index in [2.05, 4.69) is 11.4 Å². The largest absolute Gasteiger partial charge is 0.493 e. The molecule has 0 spiro atoms. The van der Waals surface area contributed by atoms with Crippen molar-refractivity contribution in [1.82, 2.24) is 10.3 Å². The van der Waals surface area contributed by atoms with Crippen LogP contribution in [0.25, 0.3) is 0 Å². The zero-order valence-electron chi connectivity index (χ0n) is 16.1. The standard InChI is InChI=1S/C21H25N3O3S/c1-26-18-13-15(14-22)8-9-17(18)27-12-4-7-20(25)23-11-10-21-24-16-5-2-3-6-19(16)28-21/h8-9,13H,2-7,10-12H2,1H3,(H,23,25). The number of hydrogen-bond acceptors (Lipinski definition) is 6. The number of benzene rings is 1. The summed E-state index contributed by atoms with van der Waals surface area (Å²) in [6.07, 6.45) is 6.58. The number of ether oxygens (including phenoxy) is 2. The summed E-state index contributed by atoms with van der Waals surface area (Å²) >= 11 is 1.80. The van der Waals surface area contributed by atoms with Crippen LogP contribution in [-0.4, -0.2) is 31.2 Å². The lowest BCUT2D eigenvalue weighted by molar-refractivity contribution is -0.121. The third-order valence-corrected chi connectivity index (χ3v) is 5.87. The predicted molar refractivity (Wildman–Crippen MR) is 108 cm³/mol. The fraction of sp³-hybridized carbons (Fsp3) is 0.476. The Morgan fingerprint density at radius 2 is 2.18 bits per heavy atom. The van der Waals surface area contributed by atoms with Crippen molar-refractivity contribution >= 4 is 17.2 Å². The number of hydrogen-bond donors (Lipinski definition) is 1. The van der Waals surface area contributed by atoms with Crippen molar-refractivity contribution in [2.24, 2.45) is 0 Å². The predicted octanol–water partition coefficient (Wildman–Crippen LogP) is 3.42. The number of fused-ring (bicyclic) bond motifs is 1. The molecule has 1 N–H and O–H groups in total. The number of carbonyl (C=O) groups excluding carboxylic acids is 1. The van der Waals surface area contributed by atoms with Crippen molar-refractivity contribution in [2.75, 3.05) is 20.3 Å². The first kappa shape index (κ1) is 20.2. The quantitative estimate of drug-likeness (QED) is 0.653. The molecule has 0 radical (unpaired) electrons. The van der Waals surface area contributed by atoms with Gasteiger partial charge in [0.05, 0.1) is 36.1 Å². The van der Waals surface area contributed by atoms with Gasteiger partial charge in [-0.1, -0.05) is 0 Å². The molecule has 2 aromatic rings. The van der Waals surface area contributed by atoms with Crippen molar-refractivity contribution in [2.45, 2.75) is 44.9 Å². The maximum atomic E-state index is 12.0. The number of aryl methyl sites for hydroxylation is 2. The van der Waals surface area contributed by atoms with E-state index < -0.39 is 0 Å². The molecular formula is C21H25N3O3S. The fourth-order valence-corrected chi connectivity index (χ4v) is 4.34. The summed E-state index contributed by atoms with van der Waals surface area (Å²) in [7, 11) is 1.54. The van der Waals surface area contributed by atoms with Crippen molar-refractivity contribution in [1.29, 1.82) is 5.26 Å². The molecule has 28 heavy (non-hydrogen) atoms. The van der Waals surface area contributed by atoms with Gasteiger partial charge < -0.3 is 14.8 Å². The Labute approximate surface area is 169 Å². The van der Waals surface area contributed by atoms with Gasteiger partial charge in [-0.15, -0.1) is 11.3 Å². The lowest BCUT2D eigenvalue weighted by Crippen LogP contribution is -2.25. The average molecular weight is 400 g/mol. The molecule has 0 fully saturated rings. The maximum absolute atomic E-state index is 12.0. The molecule has 0 unspecified atom stereocenters. The van der Waals surface area contributed by atoms with E-state index >= 15 is 0 Å². The molecule has 0 aliphatic heterocycles. The SMILES string of the molecule is COc1cc(C#N)ccc1OCCCC(=O)NCCc1nc2c(s1)CCCC2. The van der Waals surface area contributed by atoms with E-state index in [0.29, 0.717) is 43.1 Å². The molecule has 0 atom stereocenters. The van der Waals surface area contributed by atoms with Crippen molar-refractivity contribution in [3.63, 3.8) is 0 Å². The minimum Gasteiger partial charge on any atom is -0.493 e. The van der Waals surface area contributed by atoms with Gasteiger partial charge in [0, 0.05) is 30.3 Å². The summed E-state index contributed by atoms with van der Waals surface area (Å²) in [5, 5.41) is 13.0. The van der Waals surface area contributed by atoms with Crippen LogP contribution in [0.5, 0.6) is 11.5 Å². The number of aromatic nitrogens is 1. The van der Waals surface area contributed by atoms with Crippen LogP contribution in [0, 0.1) is 11.3 Å². The summed E-state index contributed by atoms with van der Waals surface area (Å²) in [5.74, 6) is 1.13. The molecule has 0 saturated heterocycles. The number of nitriles is 1. The number of methoxy groups -OCH3 is 1. The molecule has 1 aliphatic rings. The van der Waals surface area contributed by atoms with Gasteiger partial charge in [-0.3, -0.25) is 4.79 Å². The zero-order chi connectivity index (χ0) is 19.8. The molecule has 1 aromatic carbocycles. The third kappa shape index (κ3) is 5.46. The smallest absolute Gasteiger partial charge is 0.220 e. The first-order valence-corrected chi connectivity index (χ1v) is 10.5. The van der Waals surface area contributed by atoms with Gasteiger partial charge in [-0.05, 0) is 44.2 Å². The van der Waals surface area contributed by atoms with Gasteiger partial charge in [0.15, 0.2) is 11.5 Å². The first-order valence-electron chi connectivity index (χ1n) is 9.64. The van der Waals surface area contributed by atoms with E-state index in [1.807, 2.05) is 0 Å². The Balaban J connectivity index is 1.34. The van der Waals surface area contributed by atoms with Crippen LogP contribution in [0.4, 0.5) is 0 Å². The first-order chi connectivity index (χ1) is 13.7. The number of thiazole rings is 1. The molecule has 0 bridgehead atoms. The van der Waals surface area contributed by atoms with E-state index in [4.69, 9.17) is 19.7 Å². The topological polar surface area (TPSA) is 84.2 Å². The lowest BCUT2D eigenvalue weighted by Gasteiger charge is -2.10. The van der Waals surface area contributed by atoms with E-state index in [1.165, 1.54) is 30.5 Å². The van der Waals surface area contributed by atoms with Gasteiger partial charge in [0.25, 0.3) is 0 Å². The highest BCUT2D eigenvalue weighted by atomic mass is 32.1. The second-order valence-corrected chi connectivity index (χ2v) is 7.88. The van der Waals surface area contributed by atoms with Gasteiger partial charge in [-0.2, -0.15) is 5.26 Å². The molecule has 3 rings (SSSR count). The number of amides is 1. The molecule has 1 aliphatic carbocycles. The summed E-state index contributed by atoms with van der Waals surface area (Å²) in [6.45, 7) is 1.03. The molecule has 148 valence electrons. The van der Waals surface area contributed by atoms with E-state index in [9.17, 15) is 4.79 Å². The number of rotatable bonds is 9. The highest BCUT2D eigenvalue weighted by molar-refractivity contribution is 7.11. The summed E-state index contributed by atoms with van der Waals surface area (Å²) in [6, 6.07) is 7.10. The van der Waals surface area contributed by atoms with Gasteiger partial charge in [0.1, 0.15) is 0 Å². The Morgan fingerprint density at radius 1 is 1.32 bits per heavy atom. The molecule has 1 amide bonds. The number of nitrogens with zero attached hydrogens (tertiary/aromatic N) is 2. The monoisotopic (exact) mass is 399 g/mol. The minimum absolute atomic E-state index is 0.0247. The molecule has 0 saturated carbocycles. The number of nitrogens with one attached hydrogen (secondary N) is 1. The summed E-state index contributed by atoms with van der Waals surface area (Å²) < 4.78 is 10.9. The fourth-order valence-electron chi connectivity index (χ4n) is 3.18. The van der Waals surface area contributed by atoms with Gasteiger partial charge in [-0.25, -0.2) is 4.98 Å². The Kier molecular flexibility index (Phi) is 7.26. The molecular weight excluding hydrogens is 374 g/mol. The molecule has 1 aromatic heterocycles. The highest BCUT2D eigenvalue weighted by Gasteiger charge is 2.15. The van der Waals surface area contributed by atoms with Gasteiger partial charge >= 0.3 is 0 Å². The third-order valence-electron chi connectivity index (χ3n) is 4.65. The van der Waals surface area contributed by atoms with Crippen LogP contribution in [0.15, 0.2) is 18.2 Å². The van der Waals surface area contributed by atoms with Crippen LogP contribution >= 0.6 is 11.3 Å². The van der Waals surface area contributed by atoms with E-state index in [1.54, 1.807) is 29.5 Å². The Morgan fingerprint density at radius 3 is 2.96 bits per heavy atom. The Bertz CT molecular complexity index is 834. The lowest BCUT2D eigenvalue weighted by atomic mass is 10.0. The van der Waals surface area contributed by atoms with Crippen molar-refractivity contribution < 1.29 is 14.3 Å². The summed E-state index contributed by atoms with van der Waals surface area (Å²) in [4.78, 5) is 18.1. The van der Waals surface area contributed by atoms with Crippen molar-refractivity contribution in [3.8, 4) is 17.6 Å². The van der Waals surface area contributed by atoms with E-state index in [-0.39, 0.29) is 5.91 Å². The van der Waals surface area contributed by atoms with Crippen LogP contribution in [0.1, 0.15) is 46.8 Å². The normalized spacial score (nSPS) is 12.7. The van der Waals surface area contributed by atoms with Crippen molar-refractivity contribution in [3.05, 3.63) is 39.3 Å². The molecule has 1 heterocycles. The number of carbonyl (C=O) groups is 1. The average Bonchev–Trinajstić information content (AvgIpc) is 3.14. The second kappa shape index (κ2) is 10.1. The molecule has 6 nitrogen and oxygen atoms in total. The van der Waals surface area contributed by atoms with Crippen LogP contribution in [0.3, 0.4) is 0 Å². The molecule has 7 heteroatoms. The van der Waals surface area contributed by atoms with E-state index in [0.717, 1.165) is 24.3 Å². The second-order valence-electron chi connectivity index (χ2n) is 6.71. The van der Waals surface area contributed by atoms with Crippen LogP contribution in [0.2, 0.25) is 0 Å².